The van der Waals surface area contributed by atoms with Gasteiger partial charge in [-0.05, 0) is 247 Å². The minimum Gasteiger partial charge on any atom is -0.466 e. The molecule has 6 fully saturated rings. The zero-order chi connectivity index (χ0) is 56.4. The molecule has 0 amide bonds. The van der Waals surface area contributed by atoms with Crippen molar-refractivity contribution in [1.82, 2.24) is 0 Å². The molecule has 6 unspecified atom stereocenters. The molecule has 0 saturated heterocycles. The third-order valence-corrected chi connectivity index (χ3v) is 22.6. The molecule has 78 heavy (non-hydrogen) atoms. The molecule has 16 atom stereocenters. The smallest absolute Gasteiger partial charge is 0.308 e. The summed E-state index contributed by atoms with van der Waals surface area (Å²) in [4.78, 5) is 32.4. The Bertz CT molecular complexity index is 2540. The largest absolute Gasteiger partial charge is 0.466 e. The lowest BCUT2D eigenvalue weighted by Crippen LogP contribution is -2.56. The Balaban J connectivity index is 0.000000186. The lowest BCUT2D eigenvalue weighted by molar-refractivity contribution is -0.140. The lowest BCUT2D eigenvalue weighted by Gasteiger charge is -2.61. The number of esters is 3. The van der Waals surface area contributed by atoms with Gasteiger partial charge in [-0.15, -0.1) is 0 Å². The molecule has 2 aromatic rings. The fourth-order valence-electron chi connectivity index (χ4n) is 18.0. The van der Waals surface area contributed by atoms with Crippen molar-refractivity contribution < 1.29 is 49.0 Å². The van der Waals surface area contributed by atoms with Crippen LogP contribution in [0.5, 0.6) is 11.5 Å². The van der Waals surface area contributed by atoms with E-state index in [4.69, 9.17) is 9.47 Å². The molecule has 10 rings (SSSR count). The first-order chi connectivity index (χ1) is 36.8. The van der Waals surface area contributed by atoms with Crippen LogP contribution >= 0.6 is 0 Å². The average molecular weight is 1080 g/mol. The van der Waals surface area contributed by atoms with Crippen LogP contribution in [0.25, 0.3) is 0 Å². The molecule has 430 valence electrons. The van der Waals surface area contributed by atoms with Gasteiger partial charge in [0.1, 0.15) is 11.5 Å². The molecular weight excluding hydrogens is 977 g/mol. The lowest BCUT2D eigenvalue weighted by atomic mass is 9.44. The van der Waals surface area contributed by atoms with Gasteiger partial charge in [0.05, 0.1) is 30.0 Å². The van der Waals surface area contributed by atoms with E-state index in [0.29, 0.717) is 65.4 Å². The van der Waals surface area contributed by atoms with Crippen molar-refractivity contribution in [2.75, 3.05) is 6.61 Å². The van der Waals surface area contributed by atoms with Crippen LogP contribution in [0.2, 0.25) is 0 Å². The van der Waals surface area contributed by atoms with Crippen LogP contribution in [0.15, 0.2) is 84.0 Å². The van der Waals surface area contributed by atoms with E-state index in [1.54, 1.807) is 6.92 Å². The zero-order valence-electron chi connectivity index (χ0n) is 49.3. The predicted octanol–water partition coefficient (Wildman–Crippen LogP) is 13.6. The van der Waals surface area contributed by atoms with Gasteiger partial charge in [-0.3, -0.25) is 14.4 Å². The minimum atomic E-state index is -0.574. The number of aliphatic hydroxyl groups excluding tert-OH is 2. The highest BCUT2D eigenvalue weighted by molar-refractivity contribution is 5.69. The Morgan fingerprint density at radius 2 is 1.05 bits per heavy atom. The summed E-state index contributed by atoms with van der Waals surface area (Å²) >= 11 is 0. The highest BCUT2D eigenvalue weighted by atomic mass is 16.5. The summed E-state index contributed by atoms with van der Waals surface area (Å²) in [6.07, 6.45) is 29.7. The molecule has 0 aliphatic heterocycles. The van der Waals surface area contributed by atoms with Crippen molar-refractivity contribution in [2.24, 2.45) is 69.0 Å². The number of allylic oxidation sites excluding steroid dienone is 4. The first kappa shape index (κ1) is 60.0. The van der Waals surface area contributed by atoms with Gasteiger partial charge in [-0.2, -0.15) is 0 Å². The molecule has 0 heterocycles. The monoisotopic (exact) mass is 1070 g/mol. The number of fused-ring (bicyclic) bond motifs is 10. The number of hydrogen-bond acceptors (Lipinski definition) is 10. The van der Waals surface area contributed by atoms with E-state index in [9.17, 15) is 34.8 Å². The van der Waals surface area contributed by atoms with Crippen LogP contribution in [0.4, 0.5) is 0 Å². The molecule has 0 spiro atoms. The highest BCUT2D eigenvalue weighted by Gasteiger charge is 2.65. The molecule has 6 saturated carbocycles. The van der Waals surface area contributed by atoms with Gasteiger partial charge in [0.15, 0.2) is 0 Å². The Kier molecular flexibility index (Phi) is 18.6. The maximum atomic E-state index is 11.4. The molecule has 0 aromatic heterocycles. The normalized spacial score (nSPS) is 39.1. The van der Waals surface area contributed by atoms with Crippen molar-refractivity contribution in [3.63, 3.8) is 0 Å². The number of carbonyl (C=O) groups excluding carboxylic acids is 3. The van der Waals surface area contributed by atoms with Crippen LogP contribution in [0.3, 0.4) is 0 Å². The van der Waals surface area contributed by atoms with E-state index >= 15 is 0 Å². The van der Waals surface area contributed by atoms with Gasteiger partial charge in [-0.1, -0.05) is 93.8 Å². The maximum absolute atomic E-state index is 11.4. The zero-order valence-corrected chi connectivity index (χ0v) is 49.3. The number of benzene rings is 2. The molecule has 0 radical (unpaired) electrons. The first-order valence-corrected chi connectivity index (χ1v) is 30.4. The van der Waals surface area contributed by atoms with Gasteiger partial charge in [0.2, 0.25) is 0 Å². The summed E-state index contributed by atoms with van der Waals surface area (Å²) in [5.74, 6) is 5.37. The molecule has 10 heteroatoms. The van der Waals surface area contributed by atoms with Gasteiger partial charge in [-0.25, -0.2) is 0 Å². The Morgan fingerprint density at radius 3 is 1.54 bits per heavy atom. The van der Waals surface area contributed by atoms with Crippen LogP contribution in [0.1, 0.15) is 196 Å². The van der Waals surface area contributed by atoms with Crippen molar-refractivity contribution in [2.45, 2.75) is 221 Å². The number of carbonyl (C=O) groups is 3. The highest BCUT2D eigenvalue weighted by Crippen LogP contribution is 2.71. The van der Waals surface area contributed by atoms with E-state index in [1.165, 1.54) is 63.2 Å². The van der Waals surface area contributed by atoms with E-state index in [2.05, 4.69) is 82.7 Å². The molecule has 8 aliphatic carbocycles. The standard InChI is InChI=1S/C32H46O4.C32H44O4.C4H8O2/c2*1-21(33)36-26-11-7-9-22(18-26)8-5-6-10-23-19-24-20-25(34)12-15-30(24,2)27-13-16-31(3)28(29(23)27)14-17-32(31,4)35;1-3-6-4(2)5/h7,9,11,18,20,23,25,27-29,34-35H,5-6,8,10,12-17,19H2,1-4H3;5-7,9,11,18,20,23,25,27-29,34-35H,8,10,12-17,19H2,1-4H3;3H2,1-2H3/t2*23-,25+,27?,28?,29?,30+,31+,32+;/m11./s1. The van der Waals surface area contributed by atoms with Crippen molar-refractivity contribution in [1.29, 1.82) is 0 Å². The average Bonchev–Trinajstić information content (AvgIpc) is 3.99. The fraction of sp³-hybridized carbons (Fsp3) is 0.691. The van der Waals surface area contributed by atoms with Gasteiger partial charge in [0, 0.05) is 20.8 Å². The van der Waals surface area contributed by atoms with Crippen molar-refractivity contribution in [3.05, 3.63) is 95.1 Å². The molecule has 8 aliphatic rings. The Hall–Kier alpha value is -4.09. The van der Waals surface area contributed by atoms with Gasteiger partial charge < -0.3 is 34.6 Å². The molecule has 4 N–H and O–H groups in total. The van der Waals surface area contributed by atoms with E-state index in [-0.39, 0.29) is 51.8 Å². The third-order valence-electron chi connectivity index (χ3n) is 22.6. The fourth-order valence-corrected chi connectivity index (χ4v) is 18.0. The topological polar surface area (TPSA) is 160 Å². The first-order valence-electron chi connectivity index (χ1n) is 30.4. The van der Waals surface area contributed by atoms with Crippen LogP contribution < -0.4 is 9.47 Å². The second kappa shape index (κ2) is 24.2. The van der Waals surface area contributed by atoms with Gasteiger partial charge in [0.25, 0.3) is 0 Å². The van der Waals surface area contributed by atoms with E-state index in [0.717, 1.165) is 108 Å². The number of unbranched alkanes of at least 4 members (excludes halogenated alkanes) is 1. The molecule has 10 nitrogen and oxygen atoms in total. The summed E-state index contributed by atoms with van der Waals surface area (Å²) in [6, 6.07) is 15.7. The summed E-state index contributed by atoms with van der Waals surface area (Å²) in [6.45, 7) is 20.4. The molecular formula is C68H98O10. The van der Waals surface area contributed by atoms with Crippen molar-refractivity contribution >= 4 is 17.9 Å². The second-order valence-electron chi connectivity index (χ2n) is 27.0. The summed E-state index contributed by atoms with van der Waals surface area (Å²) in [7, 11) is 0. The number of rotatable bonds is 12. The predicted molar refractivity (Wildman–Crippen MR) is 307 cm³/mol. The van der Waals surface area contributed by atoms with Crippen molar-refractivity contribution in [3.8, 4) is 11.5 Å². The number of aryl methyl sites for hydroxylation is 1. The molecule has 2 aromatic carbocycles. The second-order valence-corrected chi connectivity index (χ2v) is 27.0. The number of aliphatic hydroxyl groups is 4. The number of hydrogen-bond donors (Lipinski definition) is 4. The summed E-state index contributed by atoms with van der Waals surface area (Å²) in [5, 5.41) is 43.7. The molecule has 0 bridgehead atoms. The summed E-state index contributed by atoms with van der Waals surface area (Å²) in [5.41, 5.74) is 4.67. The minimum absolute atomic E-state index is 0.000951. The van der Waals surface area contributed by atoms with Gasteiger partial charge >= 0.3 is 17.9 Å². The SMILES string of the molecule is CC(=O)Oc1cccc(CC=CC[C@@H]2CC3=C[C@@H](O)CC[C@]3(C)C3CC[C@@]4(C)C(CC[C@]4(C)O)C32)c1.CC(=O)Oc1cccc(CCCC[C@@H]2CC3=C[C@@H](O)CC[C@]3(C)C3CC[C@@]4(C)C(CC[C@]4(C)O)C32)c1.CCOC(C)=O. The quantitative estimate of drug-likeness (QED) is 0.0697. The van der Waals surface area contributed by atoms with E-state index < -0.39 is 11.2 Å². The summed E-state index contributed by atoms with van der Waals surface area (Å²) < 4.78 is 14.9. The number of ether oxygens (including phenoxy) is 3. The maximum Gasteiger partial charge on any atom is 0.308 e. The van der Waals surface area contributed by atoms with Crippen LogP contribution in [0, 0.1) is 69.0 Å². The van der Waals surface area contributed by atoms with Crippen LogP contribution in [-0.2, 0) is 32.0 Å². The Morgan fingerprint density at radius 1 is 0.577 bits per heavy atom. The third kappa shape index (κ3) is 12.4. The van der Waals surface area contributed by atoms with E-state index in [1.807, 2.05) is 36.4 Å². The van der Waals surface area contributed by atoms with Crippen LogP contribution in [-0.4, -0.2) is 68.4 Å². The Labute approximate surface area is 468 Å².